The molecule has 0 heterocycles. The molecule has 0 amide bonds. The van der Waals surface area contributed by atoms with Crippen molar-refractivity contribution in [2.24, 2.45) is 10.9 Å². The lowest BCUT2D eigenvalue weighted by molar-refractivity contribution is -0.385. The van der Waals surface area contributed by atoms with Crippen LogP contribution in [0, 0.1) is 16.0 Å². The number of hydrogen-bond acceptors (Lipinski definition) is 4. The Morgan fingerprint density at radius 3 is 2.70 bits per heavy atom. The zero-order valence-corrected chi connectivity index (χ0v) is 14.0. The molecule has 0 fully saturated rings. The van der Waals surface area contributed by atoms with Crippen LogP contribution in [-0.4, -0.2) is 37.7 Å². The second-order valence-electron chi connectivity index (χ2n) is 5.53. The quantitative estimate of drug-likeness (QED) is 0.239. The van der Waals surface area contributed by atoms with E-state index in [-0.39, 0.29) is 10.6 Å². The van der Waals surface area contributed by atoms with Gasteiger partial charge in [0.1, 0.15) is 0 Å². The average molecular weight is 322 g/mol. The normalized spacial score (nSPS) is 11.6. The van der Waals surface area contributed by atoms with Crippen molar-refractivity contribution in [3.05, 3.63) is 39.9 Å². The second kappa shape index (κ2) is 10.6. The van der Waals surface area contributed by atoms with E-state index in [0.29, 0.717) is 37.1 Å². The SMILES string of the molecule is CN=C(NCCOCCC(C)C)NCc1ccccc1[N+](=O)[O-]. The van der Waals surface area contributed by atoms with Gasteiger partial charge < -0.3 is 15.4 Å². The van der Waals surface area contributed by atoms with Crippen LogP contribution in [0.2, 0.25) is 0 Å². The van der Waals surface area contributed by atoms with Gasteiger partial charge in [0, 0.05) is 38.4 Å². The summed E-state index contributed by atoms with van der Waals surface area (Å²) >= 11 is 0. The number of ether oxygens (including phenoxy) is 1. The van der Waals surface area contributed by atoms with Gasteiger partial charge in [0.2, 0.25) is 0 Å². The molecular formula is C16H26N4O3. The van der Waals surface area contributed by atoms with Gasteiger partial charge in [-0.2, -0.15) is 0 Å². The van der Waals surface area contributed by atoms with E-state index < -0.39 is 0 Å². The molecule has 1 aromatic carbocycles. The number of rotatable bonds is 9. The fraction of sp³-hybridized carbons (Fsp3) is 0.562. The van der Waals surface area contributed by atoms with Crippen LogP contribution >= 0.6 is 0 Å². The number of nitrogens with zero attached hydrogens (tertiary/aromatic N) is 2. The Labute approximate surface area is 137 Å². The number of guanidine groups is 1. The number of aliphatic imine (C=N–C) groups is 1. The van der Waals surface area contributed by atoms with Crippen molar-refractivity contribution in [1.82, 2.24) is 10.6 Å². The Morgan fingerprint density at radius 2 is 2.04 bits per heavy atom. The van der Waals surface area contributed by atoms with Gasteiger partial charge in [-0.25, -0.2) is 0 Å². The minimum atomic E-state index is -0.379. The fourth-order valence-electron chi connectivity index (χ4n) is 1.90. The molecule has 23 heavy (non-hydrogen) atoms. The smallest absolute Gasteiger partial charge is 0.274 e. The summed E-state index contributed by atoms with van der Waals surface area (Å²) in [7, 11) is 1.66. The molecule has 1 rings (SSSR count). The molecule has 0 saturated carbocycles. The molecule has 0 aromatic heterocycles. The lowest BCUT2D eigenvalue weighted by Gasteiger charge is -2.12. The maximum Gasteiger partial charge on any atom is 0.274 e. The molecule has 7 heteroatoms. The zero-order chi connectivity index (χ0) is 17.1. The van der Waals surface area contributed by atoms with Crippen LogP contribution < -0.4 is 10.6 Å². The van der Waals surface area contributed by atoms with E-state index >= 15 is 0 Å². The van der Waals surface area contributed by atoms with Crippen molar-refractivity contribution in [1.29, 1.82) is 0 Å². The highest BCUT2D eigenvalue weighted by Crippen LogP contribution is 2.16. The Kier molecular flexibility index (Phi) is 8.67. The van der Waals surface area contributed by atoms with Crippen LogP contribution in [0.3, 0.4) is 0 Å². The van der Waals surface area contributed by atoms with Crippen molar-refractivity contribution in [2.45, 2.75) is 26.8 Å². The molecule has 128 valence electrons. The maximum atomic E-state index is 11.0. The molecule has 0 spiro atoms. The maximum absolute atomic E-state index is 11.0. The van der Waals surface area contributed by atoms with E-state index in [9.17, 15) is 10.1 Å². The molecule has 0 saturated heterocycles. The van der Waals surface area contributed by atoms with Gasteiger partial charge in [0.15, 0.2) is 5.96 Å². The first kappa shape index (κ1) is 18.9. The number of nitro benzene ring substituents is 1. The van der Waals surface area contributed by atoms with Crippen LogP contribution in [-0.2, 0) is 11.3 Å². The van der Waals surface area contributed by atoms with Gasteiger partial charge in [-0.15, -0.1) is 0 Å². The summed E-state index contributed by atoms with van der Waals surface area (Å²) in [4.78, 5) is 14.7. The Morgan fingerprint density at radius 1 is 1.30 bits per heavy atom. The van der Waals surface area contributed by atoms with Gasteiger partial charge in [0.25, 0.3) is 5.69 Å². The first-order valence-corrected chi connectivity index (χ1v) is 7.79. The summed E-state index contributed by atoms with van der Waals surface area (Å²) in [6.45, 7) is 6.65. The molecular weight excluding hydrogens is 296 g/mol. The fourth-order valence-corrected chi connectivity index (χ4v) is 1.90. The number of para-hydroxylation sites is 1. The lowest BCUT2D eigenvalue weighted by Crippen LogP contribution is -2.38. The number of hydrogen-bond donors (Lipinski definition) is 2. The second-order valence-corrected chi connectivity index (χ2v) is 5.53. The predicted molar refractivity (Wildman–Crippen MR) is 91.6 cm³/mol. The molecule has 0 unspecified atom stereocenters. The highest BCUT2D eigenvalue weighted by atomic mass is 16.6. The van der Waals surface area contributed by atoms with Gasteiger partial charge in [-0.1, -0.05) is 32.0 Å². The summed E-state index contributed by atoms with van der Waals surface area (Å²) in [5.41, 5.74) is 0.723. The molecule has 7 nitrogen and oxygen atoms in total. The minimum Gasteiger partial charge on any atom is -0.380 e. The third kappa shape index (κ3) is 7.60. The minimum absolute atomic E-state index is 0.104. The Hall–Kier alpha value is -2.15. The van der Waals surface area contributed by atoms with E-state index in [1.165, 1.54) is 6.07 Å². The van der Waals surface area contributed by atoms with E-state index in [1.807, 2.05) is 0 Å². The summed E-state index contributed by atoms with van der Waals surface area (Å²) in [6.07, 6.45) is 1.05. The van der Waals surface area contributed by atoms with Crippen molar-refractivity contribution in [3.8, 4) is 0 Å². The van der Waals surface area contributed by atoms with Crippen LogP contribution in [0.1, 0.15) is 25.8 Å². The number of benzene rings is 1. The molecule has 0 radical (unpaired) electrons. The number of nitrogens with one attached hydrogen (secondary N) is 2. The molecule has 0 bridgehead atoms. The summed E-state index contributed by atoms with van der Waals surface area (Å²) < 4.78 is 5.52. The number of nitro groups is 1. The van der Waals surface area contributed by atoms with Crippen LogP contribution in [0.25, 0.3) is 0 Å². The molecule has 1 aromatic rings. The summed E-state index contributed by atoms with van der Waals surface area (Å²) in [5, 5.41) is 17.2. The van der Waals surface area contributed by atoms with E-state index in [0.717, 1.165) is 13.0 Å². The summed E-state index contributed by atoms with van der Waals surface area (Å²) in [6, 6.07) is 6.66. The first-order chi connectivity index (χ1) is 11.0. The van der Waals surface area contributed by atoms with E-state index in [1.54, 1.807) is 25.2 Å². The largest absolute Gasteiger partial charge is 0.380 e. The van der Waals surface area contributed by atoms with Crippen LogP contribution in [0.4, 0.5) is 5.69 Å². The van der Waals surface area contributed by atoms with Crippen LogP contribution in [0.5, 0.6) is 0 Å². The van der Waals surface area contributed by atoms with Crippen molar-refractivity contribution in [2.75, 3.05) is 26.8 Å². The van der Waals surface area contributed by atoms with Gasteiger partial charge >= 0.3 is 0 Å². The predicted octanol–water partition coefficient (Wildman–Crippen LogP) is 2.32. The standard InChI is InChI=1S/C16H26N4O3/c1-13(2)8-10-23-11-9-18-16(17-3)19-12-14-6-4-5-7-15(14)20(21)22/h4-7,13H,8-12H2,1-3H3,(H2,17,18,19). The van der Waals surface area contributed by atoms with Gasteiger partial charge in [0.05, 0.1) is 11.5 Å². The molecule has 0 aliphatic rings. The average Bonchev–Trinajstić information content (AvgIpc) is 2.53. The monoisotopic (exact) mass is 322 g/mol. The van der Waals surface area contributed by atoms with Crippen LogP contribution in [0.15, 0.2) is 29.3 Å². The highest BCUT2D eigenvalue weighted by molar-refractivity contribution is 5.79. The van der Waals surface area contributed by atoms with E-state index in [4.69, 9.17) is 4.74 Å². The Bertz CT molecular complexity index is 518. The molecule has 0 aliphatic heterocycles. The van der Waals surface area contributed by atoms with Crippen molar-refractivity contribution < 1.29 is 9.66 Å². The van der Waals surface area contributed by atoms with E-state index in [2.05, 4.69) is 29.5 Å². The van der Waals surface area contributed by atoms with Gasteiger partial charge in [-0.05, 0) is 12.3 Å². The lowest BCUT2D eigenvalue weighted by atomic mass is 10.1. The molecule has 0 aliphatic carbocycles. The topological polar surface area (TPSA) is 88.8 Å². The first-order valence-electron chi connectivity index (χ1n) is 7.79. The van der Waals surface area contributed by atoms with Crippen molar-refractivity contribution in [3.63, 3.8) is 0 Å². The third-order valence-electron chi connectivity index (χ3n) is 3.24. The third-order valence-corrected chi connectivity index (χ3v) is 3.24. The molecule has 2 N–H and O–H groups in total. The Balaban J connectivity index is 2.34. The zero-order valence-electron chi connectivity index (χ0n) is 14.0. The summed E-state index contributed by atoms with van der Waals surface area (Å²) in [5.74, 6) is 1.23. The molecule has 0 atom stereocenters. The van der Waals surface area contributed by atoms with Gasteiger partial charge in [-0.3, -0.25) is 15.1 Å². The van der Waals surface area contributed by atoms with Crippen molar-refractivity contribution >= 4 is 11.6 Å². The highest BCUT2D eigenvalue weighted by Gasteiger charge is 2.12.